The first-order valence-corrected chi connectivity index (χ1v) is 6.27. The Morgan fingerprint density at radius 1 is 1.56 bits per heavy atom. The van der Waals surface area contributed by atoms with E-state index in [2.05, 4.69) is 10.2 Å². The summed E-state index contributed by atoms with van der Waals surface area (Å²) in [5.74, 6) is -0.163. The van der Waals surface area contributed by atoms with Gasteiger partial charge < -0.3 is 10.1 Å². The molecule has 1 aromatic rings. The Kier molecular flexibility index (Phi) is 3.93. The molecule has 1 fully saturated rings. The van der Waals surface area contributed by atoms with E-state index in [-0.39, 0.29) is 12.0 Å². The normalized spacial score (nSPS) is 19.3. The van der Waals surface area contributed by atoms with Crippen LogP contribution < -0.4 is 5.32 Å². The van der Waals surface area contributed by atoms with E-state index in [0.717, 1.165) is 31.1 Å². The Balaban J connectivity index is 2.17. The molecular formula is C11H16N2O2S. The van der Waals surface area contributed by atoms with E-state index < -0.39 is 0 Å². The molecule has 1 saturated heterocycles. The van der Waals surface area contributed by atoms with Crippen LogP contribution in [0, 0.1) is 0 Å². The van der Waals surface area contributed by atoms with E-state index in [0.29, 0.717) is 0 Å². The van der Waals surface area contributed by atoms with Crippen LogP contribution in [0.3, 0.4) is 0 Å². The van der Waals surface area contributed by atoms with Gasteiger partial charge in [-0.25, -0.2) is 4.79 Å². The standard InChI is InChI=1S/C11H16N2O2S/c1-15-11(14)10(9-3-2-8-16-9)13-6-4-12-5-7-13/h2-3,8,10,12H,4-7H2,1H3. The molecule has 0 aliphatic carbocycles. The number of hydrogen-bond acceptors (Lipinski definition) is 5. The Hall–Kier alpha value is -0.910. The van der Waals surface area contributed by atoms with Crippen LogP contribution in [0.4, 0.5) is 0 Å². The number of ether oxygens (including phenoxy) is 1. The molecule has 0 radical (unpaired) electrons. The van der Waals surface area contributed by atoms with E-state index in [1.165, 1.54) is 7.11 Å². The molecule has 1 aliphatic heterocycles. The van der Waals surface area contributed by atoms with E-state index in [1.54, 1.807) is 11.3 Å². The van der Waals surface area contributed by atoms with Crippen molar-refractivity contribution in [3.05, 3.63) is 22.4 Å². The molecular weight excluding hydrogens is 224 g/mol. The largest absolute Gasteiger partial charge is 0.468 e. The summed E-state index contributed by atoms with van der Waals surface area (Å²) in [5.41, 5.74) is 0. The number of nitrogens with zero attached hydrogens (tertiary/aromatic N) is 1. The summed E-state index contributed by atoms with van der Waals surface area (Å²) in [6, 6.07) is 3.74. The number of rotatable bonds is 3. The van der Waals surface area contributed by atoms with Gasteiger partial charge in [-0.15, -0.1) is 11.3 Å². The fraction of sp³-hybridized carbons (Fsp3) is 0.545. The fourth-order valence-electron chi connectivity index (χ4n) is 1.94. The zero-order valence-electron chi connectivity index (χ0n) is 9.31. The Morgan fingerprint density at radius 2 is 2.31 bits per heavy atom. The van der Waals surface area contributed by atoms with Gasteiger partial charge in [0.2, 0.25) is 0 Å². The van der Waals surface area contributed by atoms with Gasteiger partial charge in [0.15, 0.2) is 0 Å². The number of methoxy groups -OCH3 is 1. The summed E-state index contributed by atoms with van der Waals surface area (Å²) in [7, 11) is 1.45. The van der Waals surface area contributed by atoms with Crippen LogP contribution in [0.5, 0.6) is 0 Å². The molecule has 5 heteroatoms. The second-order valence-electron chi connectivity index (χ2n) is 3.73. The lowest BCUT2D eigenvalue weighted by atomic mass is 10.2. The van der Waals surface area contributed by atoms with Gasteiger partial charge in [0.1, 0.15) is 6.04 Å². The number of esters is 1. The molecule has 0 saturated carbocycles. The molecule has 1 aromatic heterocycles. The zero-order valence-corrected chi connectivity index (χ0v) is 10.1. The fourth-order valence-corrected chi connectivity index (χ4v) is 2.79. The summed E-state index contributed by atoms with van der Waals surface area (Å²) in [5, 5.41) is 5.27. The summed E-state index contributed by atoms with van der Waals surface area (Å²) in [6.45, 7) is 3.63. The first-order valence-electron chi connectivity index (χ1n) is 5.39. The summed E-state index contributed by atoms with van der Waals surface area (Å²) < 4.78 is 4.90. The van der Waals surface area contributed by atoms with Crippen molar-refractivity contribution in [2.75, 3.05) is 33.3 Å². The second-order valence-corrected chi connectivity index (χ2v) is 4.71. The van der Waals surface area contributed by atoms with Crippen molar-refractivity contribution in [1.82, 2.24) is 10.2 Å². The minimum atomic E-state index is -0.230. The molecule has 88 valence electrons. The smallest absolute Gasteiger partial charge is 0.328 e. The molecule has 1 unspecified atom stereocenters. The van der Waals surface area contributed by atoms with E-state index >= 15 is 0 Å². The molecule has 0 amide bonds. The number of thiophene rings is 1. The Morgan fingerprint density at radius 3 is 2.88 bits per heavy atom. The quantitative estimate of drug-likeness (QED) is 0.796. The third-order valence-electron chi connectivity index (χ3n) is 2.75. The lowest BCUT2D eigenvalue weighted by molar-refractivity contribution is -0.147. The number of carbonyl (C=O) groups is 1. The monoisotopic (exact) mass is 240 g/mol. The van der Waals surface area contributed by atoms with Crippen molar-refractivity contribution in [3.63, 3.8) is 0 Å². The van der Waals surface area contributed by atoms with Gasteiger partial charge in [0, 0.05) is 31.1 Å². The topological polar surface area (TPSA) is 41.6 Å². The van der Waals surface area contributed by atoms with Crippen LogP contribution in [-0.2, 0) is 9.53 Å². The minimum absolute atomic E-state index is 0.163. The van der Waals surface area contributed by atoms with Crippen molar-refractivity contribution in [3.8, 4) is 0 Å². The van der Waals surface area contributed by atoms with Gasteiger partial charge in [-0.05, 0) is 11.4 Å². The summed E-state index contributed by atoms with van der Waals surface area (Å²) >= 11 is 1.61. The van der Waals surface area contributed by atoms with Crippen LogP contribution >= 0.6 is 11.3 Å². The first-order chi connectivity index (χ1) is 7.83. The van der Waals surface area contributed by atoms with Gasteiger partial charge in [-0.2, -0.15) is 0 Å². The average Bonchev–Trinajstić information content (AvgIpc) is 2.84. The predicted molar refractivity (Wildman–Crippen MR) is 63.5 cm³/mol. The van der Waals surface area contributed by atoms with E-state index in [4.69, 9.17) is 4.74 Å². The third kappa shape index (κ3) is 2.42. The van der Waals surface area contributed by atoms with Gasteiger partial charge in [-0.3, -0.25) is 4.90 Å². The molecule has 0 spiro atoms. The van der Waals surface area contributed by atoms with Crippen molar-refractivity contribution in [1.29, 1.82) is 0 Å². The first kappa shape index (κ1) is 11.6. The highest BCUT2D eigenvalue weighted by atomic mass is 32.1. The molecule has 16 heavy (non-hydrogen) atoms. The van der Waals surface area contributed by atoms with Gasteiger partial charge >= 0.3 is 5.97 Å². The zero-order chi connectivity index (χ0) is 11.4. The molecule has 0 bridgehead atoms. The maximum atomic E-state index is 11.8. The minimum Gasteiger partial charge on any atom is -0.468 e. The molecule has 2 rings (SSSR count). The molecule has 1 atom stereocenters. The van der Waals surface area contributed by atoms with Crippen LogP contribution in [0.15, 0.2) is 17.5 Å². The van der Waals surface area contributed by atoms with Crippen LogP contribution in [0.25, 0.3) is 0 Å². The van der Waals surface area contributed by atoms with Gasteiger partial charge in [0.25, 0.3) is 0 Å². The van der Waals surface area contributed by atoms with Crippen molar-refractivity contribution >= 4 is 17.3 Å². The number of piperazine rings is 1. The van der Waals surface area contributed by atoms with Crippen molar-refractivity contribution in [2.24, 2.45) is 0 Å². The average molecular weight is 240 g/mol. The van der Waals surface area contributed by atoms with Crippen molar-refractivity contribution < 1.29 is 9.53 Å². The highest BCUT2D eigenvalue weighted by Crippen LogP contribution is 2.26. The number of carbonyl (C=O) groups excluding carboxylic acids is 1. The lowest BCUT2D eigenvalue weighted by Gasteiger charge is -2.32. The Labute approximate surface area is 99.2 Å². The molecule has 2 heterocycles. The van der Waals surface area contributed by atoms with Gasteiger partial charge in [0.05, 0.1) is 7.11 Å². The summed E-state index contributed by atoms with van der Waals surface area (Å²) in [4.78, 5) is 15.1. The van der Waals surface area contributed by atoms with Crippen molar-refractivity contribution in [2.45, 2.75) is 6.04 Å². The van der Waals surface area contributed by atoms with Crippen LogP contribution in [-0.4, -0.2) is 44.2 Å². The predicted octanol–water partition coefficient (Wildman–Crippen LogP) is 0.867. The SMILES string of the molecule is COC(=O)C(c1cccs1)N1CCNCC1. The maximum Gasteiger partial charge on any atom is 0.328 e. The van der Waals surface area contributed by atoms with E-state index in [1.807, 2.05) is 17.5 Å². The maximum absolute atomic E-state index is 11.8. The third-order valence-corrected chi connectivity index (χ3v) is 3.68. The highest BCUT2D eigenvalue weighted by Gasteiger charge is 2.30. The molecule has 1 aliphatic rings. The molecule has 4 nitrogen and oxygen atoms in total. The molecule has 0 aromatic carbocycles. The lowest BCUT2D eigenvalue weighted by Crippen LogP contribution is -2.47. The van der Waals surface area contributed by atoms with Crippen LogP contribution in [0.2, 0.25) is 0 Å². The van der Waals surface area contributed by atoms with E-state index in [9.17, 15) is 4.79 Å². The number of hydrogen-bond donors (Lipinski definition) is 1. The summed E-state index contributed by atoms with van der Waals surface area (Å²) in [6.07, 6.45) is 0. The number of nitrogens with one attached hydrogen (secondary N) is 1. The second kappa shape index (κ2) is 5.43. The van der Waals surface area contributed by atoms with Crippen LogP contribution in [0.1, 0.15) is 10.9 Å². The van der Waals surface area contributed by atoms with Gasteiger partial charge in [-0.1, -0.05) is 6.07 Å². The Bertz CT molecular complexity index is 334. The highest BCUT2D eigenvalue weighted by molar-refractivity contribution is 7.10. The molecule has 1 N–H and O–H groups in total.